The van der Waals surface area contributed by atoms with Gasteiger partial charge in [-0.25, -0.2) is 0 Å². The second kappa shape index (κ2) is 15.9. The van der Waals surface area contributed by atoms with E-state index in [4.69, 9.17) is 14.2 Å². The molecule has 0 saturated heterocycles. The van der Waals surface area contributed by atoms with E-state index in [2.05, 4.69) is 0 Å². The summed E-state index contributed by atoms with van der Waals surface area (Å²) in [5.74, 6) is -6.07. The number of esters is 3. The molecule has 0 radical (unpaired) electrons. The first kappa shape index (κ1) is 25.9. The Morgan fingerprint density at radius 1 is 0.679 bits per heavy atom. The predicted octanol–water partition coefficient (Wildman–Crippen LogP) is 3.11. The van der Waals surface area contributed by atoms with E-state index in [0.717, 1.165) is 19.3 Å². The summed E-state index contributed by atoms with van der Waals surface area (Å²) < 4.78 is 15.4. The van der Waals surface area contributed by atoms with Crippen molar-refractivity contribution in [3.05, 3.63) is 0 Å². The Bertz CT molecular complexity index is 489. The van der Waals surface area contributed by atoms with Gasteiger partial charge < -0.3 is 19.3 Å². The van der Waals surface area contributed by atoms with Crippen LogP contribution in [0.1, 0.15) is 72.1 Å². The minimum absolute atomic E-state index is 0.129. The molecule has 0 fully saturated rings. The van der Waals surface area contributed by atoms with Crippen LogP contribution in [-0.2, 0) is 33.4 Å². The van der Waals surface area contributed by atoms with Crippen molar-refractivity contribution >= 4 is 23.9 Å². The Balaban J connectivity index is 5.30. The summed E-state index contributed by atoms with van der Waals surface area (Å²) >= 11 is 0. The van der Waals surface area contributed by atoms with Gasteiger partial charge in [0.25, 0.3) is 0 Å². The Morgan fingerprint density at radius 2 is 1.07 bits per heavy atom. The zero-order valence-corrected chi connectivity index (χ0v) is 17.2. The molecule has 0 aliphatic heterocycles. The standard InChI is InChI=1S/C20H34O8/c1-4-7-10-26-18(23)14-16(20(25)28-12-9-6-3)15(13-17(21)22)19(24)27-11-8-5-2/h15-16H,4-14H2,1-3H3,(H,21,22)/t15-,16+/m0/s1. The van der Waals surface area contributed by atoms with Crippen molar-refractivity contribution in [3.8, 4) is 0 Å². The van der Waals surface area contributed by atoms with Crippen LogP contribution in [0.25, 0.3) is 0 Å². The average Bonchev–Trinajstić information content (AvgIpc) is 2.64. The summed E-state index contributed by atoms with van der Waals surface area (Å²) in [5, 5.41) is 9.18. The molecule has 28 heavy (non-hydrogen) atoms. The van der Waals surface area contributed by atoms with Gasteiger partial charge in [-0.05, 0) is 19.3 Å². The van der Waals surface area contributed by atoms with Gasteiger partial charge in [-0.3, -0.25) is 19.2 Å². The van der Waals surface area contributed by atoms with Crippen molar-refractivity contribution in [1.29, 1.82) is 0 Å². The van der Waals surface area contributed by atoms with Crippen molar-refractivity contribution in [2.75, 3.05) is 19.8 Å². The van der Waals surface area contributed by atoms with Gasteiger partial charge in [-0.15, -0.1) is 0 Å². The fourth-order valence-corrected chi connectivity index (χ4v) is 2.38. The van der Waals surface area contributed by atoms with Crippen LogP contribution in [-0.4, -0.2) is 48.8 Å². The molecule has 8 heteroatoms. The topological polar surface area (TPSA) is 116 Å². The summed E-state index contributed by atoms with van der Waals surface area (Å²) in [6.45, 7) is 6.26. The van der Waals surface area contributed by atoms with Crippen LogP contribution < -0.4 is 0 Å². The number of carbonyl (C=O) groups is 4. The number of carboxylic acid groups (broad SMARTS) is 1. The van der Waals surface area contributed by atoms with Gasteiger partial charge in [0.1, 0.15) is 0 Å². The highest BCUT2D eigenvalue weighted by Gasteiger charge is 2.39. The molecule has 0 aromatic heterocycles. The van der Waals surface area contributed by atoms with Crippen LogP contribution >= 0.6 is 0 Å². The molecule has 0 bridgehead atoms. The minimum atomic E-state index is -1.30. The summed E-state index contributed by atoms with van der Waals surface area (Å²) in [5.41, 5.74) is 0. The molecule has 2 atom stereocenters. The van der Waals surface area contributed by atoms with Crippen molar-refractivity contribution in [2.45, 2.75) is 72.1 Å². The van der Waals surface area contributed by atoms with Crippen molar-refractivity contribution in [3.63, 3.8) is 0 Å². The molecule has 0 aromatic rings. The highest BCUT2D eigenvalue weighted by Crippen LogP contribution is 2.24. The Morgan fingerprint density at radius 3 is 1.46 bits per heavy atom. The molecule has 0 saturated carbocycles. The highest BCUT2D eigenvalue weighted by atomic mass is 16.5. The number of ether oxygens (including phenoxy) is 3. The first-order valence-corrected chi connectivity index (χ1v) is 10.1. The summed E-state index contributed by atoms with van der Waals surface area (Å²) in [6, 6.07) is 0. The van der Waals surface area contributed by atoms with E-state index in [1.807, 2.05) is 20.8 Å². The van der Waals surface area contributed by atoms with Crippen LogP contribution in [0.15, 0.2) is 0 Å². The fraction of sp³-hybridized carbons (Fsp3) is 0.800. The number of hydrogen-bond donors (Lipinski definition) is 1. The predicted molar refractivity (Wildman–Crippen MR) is 101 cm³/mol. The second-order valence-electron chi connectivity index (χ2n) is 6.63. The van der Waals surface area contributed by atoms with Crippen molar-refractivity contribution < 1.29 is 38.5 Å². The molecular formula is C20H34O8. The number of rotatable bonds is 16. The van der Waals surface area contributed by atoms with Crippen LogP contribution in [0.3, 0.4) is 0 Å². The monoisotopic (exact) mass is 402 g/mol. The lowest BCUT2D eigenvalue weighted by Crippen LogP contribution is -2.36. The van der Waals surface area contributed by atoms with E-state index in [1.165, 1.54) is 0 Å². The number of carboxylic acids is 1. The zero-order valence-electron chi connectivity index (χ0n) is 17.2. The highest BCUT2D eigenvalue weighted by molar-refractivity contribution is 5.88. The number of aliphatic carboxylic acids is 1. The SMILES string of the molecule is CCCCOC(=O)C[C@@H](C(=O)OCCCC)[C@H](CC(=O)O)C(=O)OCCCC. The quantitative estimate of drug-likeness (QED) is 0.238. The molecule has 162 valence electrons. The lowest BCUT2D eigenvalue weighted by atomic mass is 9.86. The molecule has 8 nitrogen and oxygen atoms in total. The van der Waals surface area contributed by atoms with Gasteiger partial charge in [0.05, 0.1) is 44.5 Å². The molecule has 0 aliphatic rings. The molecule has 0 unspecified atom stereocenters. The van der Waals surface area contributed by atoms with E-state index in [1.54, 1.807) is 0 Å². The van der Waals surface area contributed by atoms with E-state index < -0.39 is 48.6 Å². The van der Waals surface area contributed by atoms with Gasteiger partial charge in [0.15, 0.2) is 0 Å². The third-order valence-corrected chi connectivity index (χ3v) is 4.12. The van der Waals surface area contributed by atoms with Crippen LogP contribution in [0, 0.1) is 11.8 Å². The molecule has 0 aromatic carbocycles. The Kier molecular flexibility index (Phi) is 14.7. The smallest absolute Gasteiger partial charge is 0.310 e. The minimum Gasteiger partial charge on any atom is -0.481 e. The van der Waals surface area contributed by atoms with E-state index in [0.29, 0.717) is 19.3 Å². The molecule has 0 amide bonds. The van der Waals surface area contributed by atoms with Gasteiger partial charge in [-0.1, -0.05) is 40.0 Å². The maximum absolute atomic E-state index is 12.5. The fourth-order valence-electron chi connectivity index (χ4n) is 2.38. The molecular weight excluding hydrogens is 368 g/mol. The third kappa shape index (κ3) is 11.6. The van der Waals surface area contributed by atoms with Gasteiger partial charge in [-0.2, -0.15) is 0 Å². The summed E-state index contributed by atoms with van der Waals surface area (Å²) in [7, 11) is 0. The largest absolute Gasteiger partial charge is 0.481 e. The molecule has 1 N–H and O–H groups in total. The van der Waals surface area contributed by atoms with Crippen molar-refractivity contribution in [1.82, 2.24) is 0 Å². The average molecular weight is 402 g/mol. The number of hydrogen-bond acceptors (Lipinski definition) is 7. The van der Waals surface area contributed by atoms with Gasteiger partial charge >= 0.3 is 23.9 Å². The van der Waals surface area contributed by atoms with E-state index in [-0.39, 0.29) is 19.8 Å². The first-order valence-electron chi connectivity index (χ1n) is 10.1. The lowest BCUT2D eigenvalue weighted by Gasteiger charge is -2.23. The molecule has 0 heterocycles. The molecule has 0 rings (SSSR count). The Labute approximate surface area is 166 Å². The van der Waals surface area contributed by atoms with Crippen molar-refractivity contribution in [2.24, 2.45) is 11.8 Å². The summed E-state index contributed by atoms with van der Waals surface area (Å²) in [6.07, 6.45) is 3.31. The maximum Gasteiger partial charge on any atom is 0.310 e. The van der Waals surface area contributed by atoms with Gasteiger partial charge in [0, 0.05) is 0 Å². The lowest BCUT2D eigenvalue weighted by molar-refractivity contribution is -0.166. The normalized spacial score (nSPS) is 12.7. The summed E-state index contributed by atoms with van der Waals surface area (Å²) in [4.78, 5) is 48.3. The van der Waals surface area contributed by atoms with E-state index >= 15 is 0 Å². The van der Waals surface area contributed by atoms with Gasteiger partial charge in [0.2, 0.25) is 0 Å². The number of carbonyl (C=O) groups excluding carboxylic acids is 3. The van der Waals surface area contributed by atoms with Crippen LogP contribution in [0.2, 0.25) is 0 Å². The van der Waals surface area contributed by atoms with Crippen LogP contribution in [0.4, 0.5) is 0 Å². The first-order chi connectivity index (χ1) is 13.4. The molecule has 0 spiro atoms. The van der Waals surface area contributed by atoms with E-state index in [9.17, 15) is 24.3 Å². The zero-order chi connectivity index (χ0) is 21.4. The Hall–Kier alpha value is -2.12. The number of unbranched alkanes of at least 4 members (excludes halogenated alkanes) is 3. The molecule has 0 aliphatic carbocycles. The second-order valence-corrected chi connectivity index (χ2v) is 6.63. The van der Waals surface area contributed by atoms with Crippen LogP contribution in [0.5, 0.6) is 0 Å². The third-order valence-electron chi connectivity index (χ3n) is 4.12. The maximum atomic E-state index is 12.5.